The van der Waals surface area contributed by atoms with Crippen molar-refractivity contribution < 1.29 is 9.59 Å². The minimum absolute atomic E-state index is 0.00836. The zero-order valence-electron chi connectivity index (χ0n) is 17.3. The van der Waals surface area contributed by atoms with Crippen molar-refractivity contribution in [1.29, 1.82) is 0 Å². The molecule has 1 saturated carbocycles. The number of pyridine rings is 1. The summed E-state index contributed by atoms with van der Waals surface area (Å²) in [6, 6.07) is 23.2. The van der Waals surface area contributed by atoms with Crippen LogP contribution in [0, 0.1) is 5.92 Å². The molecule has 5 heteroatoms. The third-order valence-corrected chi connectivity index (χ3v) is 6.31. The molecule has 1 aliphatic rings. The molecule has 158 valence electrons. The van der Waals surface area contributed by atoms with Crippen LogP contribution in [0.3, 0.4) is 0 Å². The summed E-state index contributed by atoms with van der Waals surface area (Å²) in [5, 5.41) is 5.53. The highest BCUT2D eigenvalue weighted by Crippen LogP contribution is 2.49. The van der Waals surface area contributed by atoms with E-state index in [0.717, 1.165) is 22.9 Å². The van der Waals surface area contributed by atoms with Crippen LogP contribution in [0.2, 0.25) is 5.02 Å². The van der Waals surface area contributed by atoms with Gasteiger partial charge in [0.1, 0.15) is 5.78 Å². The Morgan fingerprint density at radius 1 is 0.938 bits per heavy atom. The normalized spacial score (nSPS) is 17.2. The highest BCUT2D eigenvalue weighted by atomic mass is 35.5. The molecule has 4 aromatic rings. The van der Waals surface area contributed by atoms with Gasteiger partial charge in [0.05, 0.1) is 10.6 Å². The number of carbonyl (C=O) groups is 2. The fourth-order valence-corrected chi connectivity index (χ4v) is 4.45. The van der Waals surface area contributed by atoms with Crippen LogP contribution in [0.1, 0.15) is 33.8 Å². The van der Waals surface area contributed by atoms with E-state index in [1.54, 1.807) is 30.6 Å². The molecule has 1 aromatic heterocycles. The first-order chi connectivity index (χ1) is 15.6. The molecule has 1 aliphatic carbocycles. The number of halogens is 1. The Labute approximate surface area is 191 Å². The molecule has 3 aromatic carbocycles. The number of Topliss-reactive ketones (excluding diaryl/α,β-unsaturated/α-hetero) is 1. The number of nitrogens with zero attached hydrogens (tertiary/aromatic N) is 1. The maximum atomic E-state index is 12.9. The van der Waals surface area contributed by atoms with Crippen LogP contribution < -0.4 is 5.32 Å². The summed E-state index contributed by atoms with van der Waals surface area (Å²) in [6.45, 7) is 0. The minimum atomic E-state index is -0.271. The van der Waals surface area contributed by atoms with E-state index < -0.39 is 0 Å². The lowest BCUT2D eigenvalue weighted by molar-refractivity contribution is -0.119. The van der Waals surface area contributed by atoms with Gasteiger partial charge in [-0.15, -0.1) is 0 Å². The summed E-state index contributed by atoms with van der Waals surface area (Å²) >= 11 is 6.42. The summed E-state index contributed by atoms with van der Waals surface area (Å²) in [7, 11) is 0. The monoisotopic (exact) mass is 440 g/mol. The SMILES string of the molecule is O=C(Nc1ccncc1)c1ccc(C2CC2C(=O)Cc2ccc3ccccc3c2)cc1Cl. The molecule has 2 atom stereocenters. The molecule has 1 amide bonds. The number of nitrogens with one attached hydrogen (secondary N) is 1. The Hall–Kier alpha value is -3.50. The Balaban J connectivity index is 1.24. The number of hydrogen-bond acceptors (Lipinski definition) is 3. The zero-order valence-corrected chi connectivity index (χ0v) is 18.0. The van der Waals surface area contributed by atoms with Crippen molar-refractivity contribution in [3.63, 3.8) is 0 Å². The number of aromatic nitrogens is 1. The largest absolute Gasteiger partial charge is 0.322 e. The van der Waals surface area contributed by atoms with E-state index in [0.29, 0.717) is 22.7 Å². The van der Waals surface area contributed by atoms with Crippen molar-refractivity contribution in [2.75, 3.05) is 5.32 Å². The van der Waals surface area contributed by atoms with Gasteiger partial charge in [-0.05, 0) is 58.5 Å². The Kier molecular flexibility index (Phi) is 5.46. The fourth-order valence-electron chi connectivity index (χ4n) is 4.18. The standard InChI is InChI=1S/C27H21ClN2O2/c28-25-15-20(7-8-22(25)27(32)30-21-9-11-29-12-10-21)23-16-24(23)26(31)14-17-5-6-18-3-1-2-4-19(18)13-17/h1-13,15,23-24H,14,16H2,(H,29,30,32). The molecule has 4 nitrogen and oxygen atoms in total. The van der Waals surface area contributed by atoms with E-state index >= 15 is 0 Å². The predicted octanol–water partition coefficient (Wildman–Crippen LogP) is 6.06. The van der Waals surface area contributed by atoms with Crippen LogP contribution in [0.15, 0.2) is 85.2 Å². The molecule has 1 N–H and O–H groups in total. The molecule has 0 aliphatic heterocycles. The molecule has 2 unspecified atom stereocenters. The highest BCUT2D eigenvalue weighted by Gasteiger charge is 2.43. The minimum Gasteiger partial charge on any atom is -0.322 e. The average molecular weight is 441 g/mol. The number of ketones is 1. The third kappa shape index (κ3) is 4.27. The first-order valence-corrected chi connectivity index (χ1v) is 11.0. The van der Waals surface area contributed by atoms with Gasteiger partial charge in [-0.3, -0.25) is 14.6 Å². The van der Waals surface area contributed by atoms with Crippen LogP contribution in [0.4, 0.5) is 5.69 Å². The molecule has 32 heavy (non-hydrogen) atoms. The topological polar surface area (TPSA) is 59.1 Å². The van der Waals surface area contributed by atoms with Crippen molar-refractivity contribution in [3.05, 3.63) is 107 Å². The first kappa shape index (κ1) is 20.4. The molecule has 0 radical (unpaired) electrons. The van der Waals surface area contributed by atoms with Gasteiger partial charge < -0.3 is 5.32 Å². The van der Waals surface area contributed by atoms with Crippen LogP contribution in [-0.2, 0) is 11.2 Å². The Morgan fingerprint density at radius 3 is 2.50 bits per heavy atom. The van der Waals surface area contributed by atoms with E-state index in [1.165, 1.54) is 5.39 Å². The lowest BCUT2D eigenvalue weighted by Crippen LogP contribution is -2.12. The molecular weight excluding hydrogens is 420 g/mol. The lowest BCUT2D eigenvalue weighted by atomic mass is 9.99. The van der Waals surface area contributed by atoms with E-state index in [9.17, 15) is 9.59 Å². The quantitative estimate of drug-likeness (QED) is 0.396. The van der Waals surface area contributed by atoms with Crippen LogP contribution in [-0.4, -0.2) is 16.7 Å². The van der Waals surface area contributed by atoms with Crippen molar-refractivity contribution in [2.45, 2.75) is 18.8 Å². The fraction of sp³-hybridized carbons (Fsp3) is 0.148. The maximum Gasteiger partial charge on any atom is 0.257 e. The second kappa shape index (κ2) is 8.56. The Morgan fingerprint density at radius 2 is 1.72 bits per heavy atom. The molecule has 1 heterocycles. The average Bonchev–Trinajstić information content (AvgIpc) is 3.61. The number of hydrogen-bond donors (Lipinski definition) is 1. The number of fused-ring (bicyclic) bond motifs is 1. The van der Waals surface area contributed by atoms with Gasteiger partial charge in [-0.1, -0.05) is 60.1 Å². The van der Waals surface area contributed by atoms with Gasteiger partial charge in [0.15, 0.2) is 0 Å². The lowest BCUT2D eigenvalue weighted by Gasteiger charge is -2.09. The van der Waals surface area contributed by atoms with Gasteiger partial charge >= 0.3 is 0 Å². The summed E-state index contributed by atoms with van der Waals surface area (Å²) in [4.78, 5) is 29.3. The van der Waals surface area contributed by atoms with Crippen LogP contribution in [0.5, 0.6) is 0 Å². The summed E-state index contributed by atoms with van der Waals surface area (Å²) in [6.07, 6.45) is 4.49. The zero-order chi connectivity index (χ0) is 22.1. The van der Waals surface area contributed by atoms with E-state index in [1.807, 2.05) is 30.3 Å². The number of benzene rings is 3. The van der Waals surface area contributed by atoms with Crippen molar-refractivity contribution in [3.8, 4) is 0 Å². The van der Waals surface area contributed by atoms with Crippen molar-refractivity contribution >= 4 is 39.8 Å². The summed E-state index contributed by atoms with van der Waals surface area (Å²) in [5.74, 6) is 0.153. The molecule has 0 saturated heterocycles. The van der Waals surface area contributed by atoms with E-state index in [4.69, 9.17) is 11.6 Å². The number of carbonyl (C=O) groups excluding carboxylic acids is 2. The van der Waals surface area contributed by atoms with Gasteiger partial charge in [0.25, 0.3) is 5.91 Å². The van der Waals surface area contributed by atoms with Crippen LogP contribution >= 0.6 is 11.6 Å². The maximum absolute atomic E-state index is 12.9. The van der Waals surface area contributed by atoms with Crippen molar-refractivity contribution in [1.82, 2.24) is 4.98 Å². The van der Waals surface area contributed by atoms with Gasteiger partial charge in [0.2, 0.25) is 0 Å². The Bertz CT molecular complexity index is 1320. The molecular formula is C27H21ClN2O2. The second-order valence-corrected chi connectivity index (χ2v) is 8.61. The number of anilines is 1. The predicted molar refractivity (Wildman–Crippen MR) is 127 cm³/mol. The molecule has 0 spiro atoms. The van der Waals surface area contributed by atoms with Crippen LogP contribution in [0.25, 0.3) is 10.8 Å². The van der Waals surface area contributed by atoms with E-state index in [-0.39, 0.29) is 23.5 Å². The van der Waals surface area contributed by atoms with Gasteiger partial charge in [-0.2, -0.15) is 0 Å². The third-order valence-electron chi connectivity index (χ3n) is 6.00. The molecule has 0 bridgehead atoms. The highest BCUT2D eigenvalue weighted by molar-refractivity contribution is 6.34. The number of amides is 1. The molecule has 5 rings (SSSR count). The smallest absolute Gasteiger partial charge is 0.257 e. The second-order valence-electron chi connectivity index (χ2n) is 8.20. The van der Waals surface area contributed by atoms with Gasteiger partial charge in [-0.25, -0.2) is 0 Å². The van der Waals surface area contributed by atoms with E-state index in [2.05, 4.69) is 34.6 Å². The summed E-state index contributed by atoms with van der Waals surface area (Å²) < 4.78 is 0. The first-order valence-electron chi connectivity index (χ1n) is 10.6. The van der Waals surface area contributed by atoms with Crippen molar-refractivity contribution in [2.24, 2.45) is 5.92 Å². The number of rotatable bonds is 6. The van der Waals surface area contributed by atoms with Gasteiger partial charge in [0, 0.05) is 30.4 Å². The molecule has 1 fully saturated rings. The summed E-state index contributed by atoms with van der Waals surface area (Å²) in [5.41, 5.74) is 3.12.